The van der Waals surface area contributed by atoms with Crippen LogP contribution in [0.4, 0.5) is 17.1 Å². The summed E-state index contributed by atoms with van der Waals surface area (Å²) in [4.78, 5) is 20.4. The second-order valence-electron chi connectivity index (χ2n) is 4.83. The second-order valence-corrected chi connectivity index (χ2v) is 5.18. The number of anilines is 1. The van der Waals surface area contributed by atoms with Crippen LogP contribution in [0.5, 0.6) is 5.75 Å². The first-order chi connectivity index (χ1) is 12.4. The Kier molecular flexibility index (Phi) is 6.23. The summed E-state index contributed by atoms with van der Waals surface area (Å²) in [5.74, 6) is 0.459. The Morgan fingerprint density at radius 3 is 2.62 bits per heavy atom. The molecular formula is C16H13ClN4O5. The van der Waals surface area contributed by atoms with Crippen molar-refractivity contribution in [2.45, 2.75) is 0 Å². The zero-order valence-electron chi connectivity index (χ0n) is 13.3. The monoisotopic (exact) mass is 376 g/mol. The van der Waals surface area contributed by atoms with Gasteiger partial charge in [-0.2, -0.15) is 5.10 Å². The third-order valence-electron chi connectivity index (χ3n) is 3.13. The maximum Gasteiger partial charge on any atom is 0.301 e. The summed E-state index contributed by atoms with van der Waals surface area (Å²) in [5, 5.41) is 25.8. The van der Waals surface area contributed by atoms with Crippen LogP contribution in [-0.2, 0) is 0 Å². The smallest absolute Gasteiger partial charge is 0.301 e. The number of ether oxygens (including phenoxy) is 1. The van der Waals surface area contributed by atoms with E-state index in [-0.39, 0.29) is 17.5 Å². The van der Waals surface area contributed by atoms with Crippen LogP contribution in [0, 0.1) is 20.2 Å². The largest absolute Gasteiger partial charge is 0.489 e. The van der Waals surface area contributed by atoms with E-state index >= 15 is 0 Å². The van der Waals surface area contributed by atoms with Gasteiger partial charge in [-0.15, -0.1) is 0 Å². The Balaban J connectivity index is 2.31. The van der Waals surface area contributed by atoms with Crippen LogP contribution in [0.3, 0.4) is 0 Å². The lowest BCUT2D eigenvalue weighted by Crippen LogP contribution is -2.03. The molecule has 0 aliphatic carbocycles. The van der Waals surface area contributed by atoms with Gasteiger partial charge in [0.25, 0.3) is 5.69 Å². The van der Waals surface area contributed by atoms with Crippen LogP contribution in [0.1, 0.15) is 5.56 Å². The quantitative estimate of drug-likeness (QED) is 0.321. The van der Waals surface area contributed by atoms with Gasteiger partial charge in [-0.25, -0.2) is 0 Å². The van der Waals surface area contributed by atoms with E-state index < -0.39 is 21.2 Å². The van der Waals surface area contributed by atoms with E-state index in [1.54, 1.807) is 30.3 Å². The van der Waals surface area contributed by atoms with Crippen molar-refractivity contribution in [1.29, 1.82) is 0 Å². The first-order valence-electron chi connectivity index (χ1n) is 7.19. The molecule has 0 atom stereocenters. The van der Waals surface area contributed by atoms with Crippen LogP contribution < -0.4 is 10.2 Å². The number of nitro groups is 2. The van der Waals surface area contributed by atoms with Gasteiger partial charge >= 0.3 is 5.69 Å². The normalized spacial score (nSPS) is 10.9. The molecule has 0 bridgehead atoms. The van der Waals surface area contributed by atoms with Crippen LogP contribution in [0.2, 0.25) is 0 Å². The van der Waals surface area contributed by atoms with Gasteiger partial charge in [-0.05, 0) is 18.2 Å². The van der Waals surface area contributed by atoms with Gasteiger partial charge in [-0.3, -0.25) is 25.7 Å². The zero-order chi connectivity index (χ0) is 19.1. The molecule has 1 N–H and O–H groups in total. The van der Waals surface area contributed by atoms with Crippen molar-refractivity contribution in [2.75, 3.05) is 12.0 Å². The van der Waals surface area contributed by atoms with Crippen LogP contribution >= 0.6 is 11.6 Å². The van der Waals surface area contributed by atoms with Crippen molar-refractivity contribution >= 4 is 33.8 Å². The predicted molar refractivity (Wildman–Crippen MR) is 97.9 cm³/mol. The van der Waals surface area contributed by atoms with E-state index in [1.807, 2.05) is 0 Å². The van der Waals surface area contributed by atoms with E-state index in [1.165, 1.54) is 6.07 Å². The molecule has 10 heteroatoms. The standard InChI is InChI=1S/C16H13ClN4O5/c1-2-9-26-15-6-4-3-5-12(15)16(17)19-18-13-8-7-11(20(22)23)10-14(13)21(24)25/h2-8,10,18H,1,9H2/b19-16-. The van der Waals surface area contributed by atoms with E-state index in [0.29, 0.717) is 11.3 Å². The number of benzene rings is 2. The first kappa shape index (κ1) is 18.9. The van der Waals surface area contributed by atoms with Crippen molar-refractivity contribution in [3.05, 3.63) is 80.9 Å². The van der Waals surface area contributed by atoms with Gasteiger partial charge in [0, 0.05) is 6.07 Å². The van der Waals surface area contributed by atoms with Crippen molar-refractivity contribution in [1.82, 2.24) is 0 Å². The molecule has 9 nitrogen and oxygen atoms in total. The summed E-state index contributed by atoms with van der Waals surface area (Å²) in [5.41, 5.74) is 1.99. The molecule has 0 aliphatic heterocycles. The fourth-order valence-corrected chi connectivity index (χ4v) is 2.16. The van der Waals surface area contributed by atoms with Crippen molar-refractivity contribution in [2.24, 2.45) is 5.10 Å². The first-order valence-corrected chi connectivity index (χ1v) is 7.57. The summed E-state index contributed by atoms with van der Waals surface area (Å²) in [7, 11) is 0. The SMILES string of the molecule is C=CCOc1ccccc1/C(Cl)=N/Nc1ccc([N+](=O)[O-])cc1[N+](=O)[O-]. The maximum atomic E-state index is 11.1. The van der Waals surface area contributed by atoms with E-state index in [2.05, 4.69) is 17.1 Å². The van der Waals surface area contributed by atoms with Crippen LogP contribution in [-0.4, -0.2) is 21.6 Å². The minimum Gasteiger partial charge on any atom is -0.489 e. The van der Waals surface area contributed by atoms with Gasteiger partial charge in [0.1, 0.15) is 18.0 Å². The number of nitrogens with zero attached hydrogens (tertiary/aromatic N) is 3. The fraction of sp³-hybridized carbons (Fsp3) is 0.0625. The molecule has 0 unspecified atom stereocenters. The summed E-state index contributed by atoms with van der Waals surface area (Å²) < 4.78 is 5.47. The summed E-state index contributed by atoms with van der Waals surface area (Å²) in [6, 6.07) is 9.97. The topological polar surface area (TPSA) is 120 Å². The van der Waals surface area contributed by atoms with Gasteiger partial charge in [0.2, 0.25) is 0 Å². The van der Waals surface area contributed by atoms with Gasteiger partial charge in [0.15, 0.2) is 5.17 Å². The Labute approximate surface area is 152 Å². The van der Waals surface area contributed by atoms with Crippen molar-refractivity contribution in [3.63, 3.8) is 0 Å². The number of non-ortho nitro benzene ring substituents is 1. The van der Waals surface area contributed by atoms with Gasteiger partial charge in [-0.1, -0.05) is 36.4 Å². The molecule has 2 rings (SSSR count). The lowest BCUT2D eigenvalue weighted by molar-refractivity contribution is -0.393. The summed E-state index contributed by atoms with van der Waals surface area (Å²) >= 11 is 6.16. The number of halogens is 1. The number of hydrogen-bond donors (Lipinski definition) is 1. The number of hydrogen-bond acceptors (Lipinski definition) is 7. The lowest BCUT2D eigenvalue weighted by Gasteiger charge is -2.09. The molecule has 0 saturated carbocycles. The average Bonchev–Trinajstić information content (AvgIpc) is 2.64. The highest BCUT2D eigenvalue weighted by Gasteiger charge is 2.19. The molecule has 0 fully saturated rings. The molecule has 0 saturated heterocycles. The summed E-state index contributed by atoms with van der Waals surface area (Å²) in [6.07, 6.45) is 1.57. The fourth-order valence-electron chi connectivity index (χ4n) is 1.96. The molecule has 0 aliphatic rings. The minimum absolute atomic E-state index is 0.00249. The number of hydrazone groups is 1. The number of nitro benzene ring substituents is 2. The van der Waals surface area contributed by atoms with E-state index in [0.717, 1.165) is 12.1 Å². The second kappa shape index (κ2) is 8.58. The molecule has 0 spiro atoms. The van der Waals surface area contributed by atoms with E-state index in [9.17, 15) is 20.2 Å². The lowest BCUT2D eigenvalue weighted by atomic mass is 10.2. The Bertz CT molecular complexity index is 885. The predicted octanol–water partition coefficient (Wildman–Crippen LogP) is 4.08. The minimum atomic E-state index is -0.750. The molecule has 2 aromatic rings. The Hall–Kier alpha value is -3.46. The van der Waals surface area contributed by atoms with Crippen molar-refractivity contribution < 1.29 is 14.6 Å². The third kappa shape index (κ3) is 4.54. The highest BCUT2D eigenvalue weighted by Crippen LogP contribution is 2.29. The zero-order valence-corrected chi connectivity index (χ0v) is 14.0. The average molecular weight is 377 g/mol. The molecule has 26 heavy (non-hydrogen) atoms. The molecule has 2 aromatic carbocycles. The third-order valence-corrected chi connectivity index (χ3v) is 3.42. The molecule has 0 amide bonds. The van der Waals surface area contributed by atoms with Gasteiger partial charge in [0.05, 0.1) is 21.5 Å². The molecule has 134 valence electrons. The van der Waals surface area contributed by atoms with Gasteiger partial charge < -0.3 is 4.74 Å². The van der Waals surface area contributed by atoms with Crippen LogP contribution in [0.25, 0.3) is 0 Å². The number of rotatable bonds is 8. The summed E-state index contributed by atoms with van der Waals surface area (Å²) in [6.45, 7) is 3.83. The maximum absolute atomic E-state index is 11.1. The molecule has 0 aromatic heterocycles. The van der Waals surface area contributed by atoms with E-state index in [4.69, 9.17) is 16.3 Å². The Morgan fingerprint density at radius 2 is 1.96 bits per heavy atom. The molecule has 0 radical (unpaired) electrons. The molecule has 0 heterocycles. The van der Waals surface area contributed by atoms with Crippen molar-refractivity contribution in [3.8, 4) is 5.75 Å². The number of para-hydroxylation sites is 1. The number of nitrogens with one attached hydrogen (secondary N) is 1. The Morgan fingerprint density at radius 1 is 1.23 bits per heavy atom. The molecular weight excluding hydrogens is 364 g/mol. The highest BCUT2D eigenvalue weighted by molar-refractivity contribution is 6.70. The highest BCUT2D eigenvalue weighted by atomic mass is 35.5. The van der Waals surface area contributed by atoms with Crippen LogP contribution in [0.15, 0.2) is 60.2 Å².